The molecule has 0 spiro atoms. The molecule has 2 aromatic heterocycles. The highest BCUT2D eigenvalue weighted by Gasteiger charge is 2.35. The molecule has 3 aromatic rings. The van der Waals surface area contributed by atoms with Gasteiger partial charge < -0.3 is 9.30 Å². The first-order valence-corrected chi connectivity index (χ1v) is 10.9. The number of nitrogens with zero attached hydrogens (tertiary/aromatic N) is 3. The number of likely N-dealkylation sites (tertiary alicyclic amines) is 1. The van der Waals surface area contributed by atoms with Gasteiger partial charge in [-0.25, -0.2) is 0 Å². The van der Waals surface area contributed by atoms with Crippen LogP contribution in [0.25, 0.3) is 11.3 Å². The summed E-state index contributed by atoms with van der Waals surface area (Å²) < 4.78 is 7.66. The van der Waals surface area contributed by atoms with Crippen LogP contribution in [0.15, 0.2) is 59.5 Å². The van der Waals surface area contributed by atoms with Crippen molar-refractivity contribution in [3.8, 4) is 17.0 Å². The van der Waals surface area contributed by atoms with Crippen molar-refractivity contribution >= 4 is 0 Å². The summed E-state index contributed by atoms with van der Waals surface area (Å²) >= 11 is 0. The monoisotopic (exact) mass is 399 g/mol. The third-order valence-electron chi connectivity index (χ3n) is 6.75. The summed E-state index contributed by atoms with van der Waals surface area (Å²) in [6.07, 6.45) is 3.97. The number of benzene rings is 1. The van der Waals surface area contributed by atoms with E-state index in [2.05, 4.69) is 34.1 Å². The number of aromatic nitrogens is 2. The topological polar surface area (TPSA) is 47.4 Å². The van der Waals surface area contributed by atoms with Crippen molar-refractivity contribution in [2.75, 3.05) is 19.7 Å². The maximum Gasteiger partial charge on any atom is 0.251 e. The SMILES string of the molecule is O=c1cc(-c2ccccn2)cc2n1C[C@H]1C[C@@H]2CN(Cc2ccc3c(c2)CCO3)C1. The number of pyridine rings is 2. The molecule has 0 unspecified atom stereocenters. The van der Waals surface area contributed by atoms with Crippen LogP contribution in [0.1, 0.15) is 29.2 Å². The molecule has 2 atom stereocenters. The Morgan fingerprint density at radius 2 is 2.03 bits per heavy atom. The molecule has 0 saturated carbocycles. The Balaban J connectivity index is 1.28. The van der Waals surface area contributed by atoms with Gasteiger partial charge in [-0.05, 0) is 47.7 Å². The van der Waals surface area contributed by atoms with Crippen LogP contribution < -0.4 is 10.3 Å². The summed E-state index contributed by atoms with van der Waals surface area (Å²) in [6.45, 7) is 4.63. The first-order chi connectivity index (χ1) is 14.7. The summed E-state index contributed by atoms with van der Waals surface area (Å²) in [6, 6.07) is 16.4. The fourth-order valence-electron chi connectivity index (χ4n) is 5.47. The molecule has 0 aliphatic carbocycles. The predicted molar refractivity (Wildman–Crippen MR) is 116 cm³/mol. The van der Waals surface area contributed by atoms with Gasteiger partial charge in [0.1, 0.15) is 5.75 Å². The highest BCUT2D eigenvalue weighted by atomic mass is 16.5. The van der Waals surface area contributed by atoms with E-state index < -0.39 is 0 Å². The molecule has 2 bridgehead atoms. The van der Waals surface area contributed by atoms with E-state index in [0.29, 0.717) is 11.8 Å². The van der Waals surface area contributed by atoms with Crippen molar-refractivity contribution in [1.29, 1.82) is 0 Å². The van der Waals surface area contributed by atoms with Crippen LogP contribution in [0.5, 0.6) is 5.75 Å². The van der Waals surface area contributed by atoms with Crippen molar-refractivity contribution in [3.05, 3.63) is 81.9 Å². The zero-order chi connectivity index (χ0) is 20.1. The van der Waals surface area contributed by atoms with E-state index in [1.54, 1.807) is 12.3 Å². The molecule has 0 N–H and O–H groups in total. The van der Waals surface area contributed by atoms with Crippen LogP contribution in [0.4, 0.5) is 0 Å². The van der Waals surface area contributed by atoms with Crippen molar-refractivity contribution in [2.45, 2.75) is 31.8 Å². The second-order valence-electron chi connectivity index (χ2n) is 8.87. The average molecular weight is 399 g/mol. The van der Waals surface area contributed by atoms with Gasteiger partial charge in [0.25, 0.3) is 5.56 Å². The molecule has 3 aliphatic rings. The van der Waals surface area contributed by atoms with E-state index in [-0.39, 0.29) is 5.56 Å². The smallest absolute Gasteiger partial charge is 0.251 e. The molecule has 0 radical (unpaired) electrons. The number of rotatable bonds is 3. The van der Waals surface area contributed by atoms with Gasteiger partial charge >= 0.3 is 0 Å². The maximum absolute atomic E-state index is 12.9. The molecule has 1 aromatic carbocycles. The normalized spacial score (nSPS) is 22.3. The van der Waals surface area contributed by atoms with E-state index in [1.807, 2.05) is 22.8 Å². The van der Waals surface area contributed by atoms with E-state index in [4.69, 9.17) is 4.74 Å². The number of fused-ring (bicyclic) bond motifs is 5. The third kappa shape index (κ3) is 3.14. The van der Waals surface area contributed by atoms with Crippen molar-refractivity contribution in [2.24, 2.45) is 5.92 Å². The van der Waals surface area contributed by atoms with E-state index in [9.17, 15) is 4.79 Å². The molecule has 1 saturated heterocycles. The molecule has 5 nitrogen and oxygen atoms in total. The minimum atomic E-state index is 0.106. The number of piperidine rings is 1. The Hall–Kier alpha value is -2.92. The first-order valence-electron chi connectivity index (χ1n) is 10.9. The summed E-state index contributed by atoms with van der Waals surface area (Å²) in [7, 11) is 0. The van der Waals surface area contributed by atoms with Crippen LogP contribution in [0, 0.1) is 5.92 Å². The van der Waals surface area contributed by atoms with E-state index in [1.165, 1.54) is 23.2 Å². The summed E-state index contributed by atoms with van der Waals surface area (Å²) in [5.74, 6) is 1.98. The van der Waals surface area contributed by atoms with Gasteiger partial charge in [-0.3, -0.25) is 14.7 Å². The minimum Gasteiger partial charge on any atom is -0.493 e. The largest absolute Gasteiger partial charge is 0.493 e. The lowest BCUT2D eigenvalue weighted by molar-refractivity contribution is 0.114. The van der Waals surface area contributed by atoms with Gasteiger partial charge in [-0.15, -0.1) is 0 Å². The highest BCUT2D eigenvalue weighted by molar-refractivity contribution is 5.59. The van der Waals surface area contributed by atoms with Crippen LogP contribution in [-0.2, 0) is 19.5 Å². The second kappa shape index (κ2) is 7.10. The second-order valence-corrected chi connectivity index (χ2v) is 8.87. The number of hydrogen-bond acceptors (Lipinski definition) is 4. The van der Waals surface area contributed by atoms with Crippen LogP contribution in [0.2, 0.25) is 0 Å². The van der Waals surface area contributed by atoms with E-state index in [0.717, 1.165) is 56.2 Å². The Labute approximate surface area is 175 Å². The first kappa shape index (κ1) is 17.9. The Morgan fingerprint density at radius 1 is 1.07 bits per heavy atom. The zero-order valence-corrected chi connectivity index (χ0v) is 17.0. The fraction of sp³-hybridized carbons (Fsp3) is 0.360. The van der Waals surface area contributed by atoms with Crippen molar-refractivity contribution in [3.63, 3.8) is 0 Å². The lowest BCUT2D eigenvalue weighted by Crippen LogP contribution is -2.46. The Bertz CT molecular complexity index is 1150. The fourth-order valence-corrected chi connectivity index (χ4v) is 5.47. The summed E-state index contributed by atoms with van der Waals surface area (Å²) in [4.78, 5) is 19.9. The molecular weight excluding hydrogens is 374 g/mol. The van der Waals surface area contributed by atoms with Crippen LogP contribution in [0.3, 0.4) is 0 Å². The van der Waals surface area contributed by atoms with Crippen LogP contribution >= 0.6 is 0 Å². The quantitative estimate of drug-likeness (QED) is 0.677. The summed E-state index contributed by atoms with van der Waals surface area (Å²) in [5, 5.41) is 0. The molecule has 5 heterocycles. The van der Waals surface area contributed by atoms with E-state index >= 15 is 0 Å². The highest BCUT2D eigenvalue weighted by Crippen LogP contribution is 2.37. The van der Waals surface area contributed by atoms with Gasteiger partial charge in [0.05, 0.1) is 12.3 Å². The van der Waals surface area contributed by atoms with Gasteiger partial charge in [0.15, 0.2) is 0 Å². The summed E-state index contributed by atoms with van der Waals surface area (Å²) in [5.41, 5.74) is 5.77. The van der Waals surface area contributed by atoms with Crippen molar-refractivity contribution < 1.29 is 4.74 Å². The molecular formula is C25H25N3O2. The molecule has 30 heavy (non-hydrogen) atoms. The standard InChI is InChI=1S/C25H25N3O2/c29-25-12-20(22-3-1-2-7-26-22)11-23-21-10-18(15-28(23)25)14-27(16-21)13-17-4-5-24-19(9-17)6-8-30-24/h1-5,7,9,11-12,18,21H,6,8,10,13-16H2/t18-,21+/m0/s1. The molecule has 1 fully saturated rings. The Kier molecular flexibility index (Phi) is 4.23. The predicted octanol–water partition coefficient (Wildman–Crippen LogP) is 3.46. The molecule has 152 valence electrons. The molecule has 3 aliphatic heterocycles. The lowest BCUT2D eigenvalue weighted by Gasteiger charge is -2.43. The van der Waals surface area contributed by atoms with Gasteiger partial charge in [-0.1, -0.05) is 18.2 Å². The third-order valence-corrected chi connectivity index (χ3v) is 6.75. The molecule has 0 amide bonds. The zero-order valence-electron chi connectivity index (χ0n) is 17.0. The van der Waals surface area contributed by atoms with Gasteiger partial charge in [-0.2, -0.15) is 0 Å². The lowest BCUT2D eigenvalue weighted by atomic mass is 9.82. The average Bonchev–Trinajstić information content (AvgIpc) is 3.23. The van der Waals surface area contributed by atoms with Gasteiger partial charge in [0, 0.05) is 62.0 Å². The van der Waals surface area contributed by atoms with Crippen molar-refractivity contribution in [1.82, 2.24) is 14.5 Å². The Morgan fingerprint density at radius 3 is 2.93 bits per heavy atom. The number of hydrogen-bond donors (Lipinski definition) is 0. The minimum absolute atomic E-state index is 0.106. The molecule has 6 rings (SSSR count). The number of ether oxygens (including phenoxy) is 1. The van der Waals surface area contributed by atoms with Gasteiger partial charge in [0.2, 0.25) is 0 Å². The van der Waals surface area contributed by atoms with Crippen LogP contribution in [-0.4, -0.2) is 34.1 Å². The molecule has 5 heteroatoms. The maximum atomic E-state index is 12.9.